The number of hydrogen-bond acceptors (Lipinski definition) is 4. The lowest BCUT2D eigenvalue weighted by Crippen LogP contribution is -2.01. The van der Waals surface area contributed by atoms with E-state index in [0.717, 1.165) is 11.1 Å². The molecule has 0 saturated carbocycles. The van der Waals surface area contributed by atoms with Gasteiger partial charge in [0.15, 0.2) is 0 Å². The van der Waals surface area contributed by atoms with Crippen LogP contribution >= 0.6 is 11.6 Å². The molecule has 2 N–H and O–H groups in total. The number of phenols is 1. The lowest BCUT2D eigenvalue weighted by molar-refractivity contribution is -0.384. The van der Waals surface area contributed by atoms with E-state index in [2.05, 4.69) is 5.32 Å². The van der Waals surface area contributed by atoms with Crippen molar-refractivity contribution in [3.05, 3.63) is 62.7 Å². The van der Waals surface area contributed by atoms with Crippen LogP contribution in [0.5, 0.6) is 5.75 Å². The topological polar surface area (TPSA) is 75.4 Å². The van der Waals surface area contributed by atoms with E-state index in [1.165, 1.54) is 12.1 Å². The number of anilines is 1. The van der Waals surface area contributed by atoms with Crippen molar-refractivity contribution in [2.75, 3.05) is 5.32 Å². The predicted molar refractivity (Wildman–Crippen MR) is 78.3 cm³/mol. The summed E-state index contributed by atoms with van der Waals surface area (Å²) in [6, 6.07) is 9.94. The number of hydrogen-bond donors (Lipinski definition) is 2. The number of benzene rings is 2. The normalized spacial score (nSPS) is 10.3. The van der Waals surface area contributed by atoms with Gasteiger partial charge >= 0.3 is 0 Å². The van der Waals surface area contributed by atoms with Gasteiger partial charge < -0.3 is 10.4 Å². The second-order valence-corrected chi connectivity index (χ2v) is 4.77. The fraction of sp³-hybridized carbons (Fsp3) is 0.143. The average molecular weight is 293 g/mol. The Morgan fingerprint density at radius 1 is 1.35 bits per heavy atom. The number of aryl methyl sites for hydroxylation is 1. The van der Waals surface area contributed by atoms with Crippen molar-refractivity contribution in [2.45, 2.75) is 13.5 Å². The van der Waals surface area contributed by atoms with Gasteiger partial charge in [0.05, 0.1) is 4.92 Å². The maximum Gasteiger partial charge on any atom is 0.289 e. The molecule has 0 aromatic heterocycles. The van der Waals surface area contributed by atoms with Crippen molar-refractivity contribution in [1.82, 2.24) is 0 Å². The van der Waals surface area contributed by atoms with Crippen molar-refractivity contribution >= 4 is 23.0 Å². The summed E-state index contributed by atoms with van der Waals surface area (Å²) in [7, 11) is 0. The summed E-state index contributed by atoms with van der Waals surface area (Å²) < 4.78 is 0. The van der Waals surface area contributed by atoms with E-state index in [9.17, 15) is 15.2 Å². The highest BCUT2D eigenvalue weighted by molar-refractivity contribution is 6.32. The third-order valence-electron chi connectivity index (χ3n) is 2.95. The Bertz CT molecular complexity index is 659. The van der Waals surface area contributed by atoms with Gasteiger partial charge in [-0.25, -0.2) is 0 Å². The number of nitrogens with one attached hydrogen (secondary N) is 1. The second-order valence-electron chi connectivity index (χ2n) is 4.36. The molecule has 0 amide bonds. The van der Waals surface area contributed by atoms with Gasteiger partial charge in [0.25, 0.3) is 5.69 Å². The van der Waals surface area contributed by atoms with Crippen LogP contribution in [0, 0.1) is 17.0 Å². The minimum atomic E-state index is -0.530. The summed E-state index contributed by atoms with van der Waals surface area (Å²) in [6.45, 7) is 2.18. The van der Waals surface area contributed by atoms with Crippen LogP contribution in [0.2, 0.25) is 5.02 Å². The molecule has 0 unspecified atom stereocenters. The highest BCUT2D eigenvalue weighted by Gasteiger charge is 2.12. The number of nitro groups is 1. The molecular weight excluding hydrogens is 280 g/mol. The van der Waals surface area contributed by atoms with Gasteiger partial charge in [0.2, 0.25) is 0 Å². The Hall–Kier alpha value is -2.27. The first-order valence-corrected chi connectivity index (χ1v) is 6.32. The smallest absolute Gasteiger partial charge is 0.289 e. The van der Waals surface area contributed by atoms with E-state index in [-0.39, 0.29) is 16.5 Å². The van der Waals surface area contributed by atoms with Crippen molar-refractivity contribution in [3.63, 3.8) is 0 Å². The standard InChI is InChI=1S/C14H13ClN2O3/c1-9-3-2-4-10(14(9)18)8-16-11-5-6-12(15)13(7-11)17(19)20/h2-7,16,18H,8H2,1H3. The minimum Gasteiger partial charge on any atom is -0.507 e. The number of nitro benzene ring substituents is 1. The summed E-state index contributed by atoms with van der Waals surface area (Å²) >= 11 is 5.74. The van der Waals surface area contributed by atoms with Crippen LogP contribution in [0.15, 0.2) is 36.4 Å². The molecule has 0 aliphatic heterocycles. The van der Waals surface area contributed by atoms with Crippen LogP contribution in [0.1, 0.15) is 11.1 Å². The second kappa shape index (κ2) is 5.79. The predicted octanol–water partition coefficient (Wildman–Crippen LogP) is 3.87. The first-order chi connectivity index (χ1) is 9.49. The quantitative estimate of drug-likeness (QED) is 0.662. The molecule has 2 rings (SSSR count). The number of para-hydroxylation sites is 1. The molecular formula is C14H13ClN2O3. The maximum atomic E-state index is 10.8. The van der Waals surface area contributed by atoms with E-state index >= 15 is 0 Å². The van der Waals surface area contributed by atoms with E-state index in [0.29, 0.717) is 12.2 Å². The maximum absolute atomic E-state index is 10.8. The van der Waals surface area contributed by atoms with Crippen LogP contribution in [-0.2, 0) is 6.54 Å². The third kappa shape index (κ3) is 3.00. The molecule has 0 spiro atoms. The molecule has 0 saturated heterocycles. The van der Waals surface area contributed by atoms with E-state index in [1.54, 1.807) is 12.1 Å². The first-order valence-electron chi connectivity index (χ1n) is 5.94. The van der Waals surface area contributed by atoms with Gasteiger partial charge in [0, 0.05) is 23.9 Å². The fourth-order valence-electron chi connectivity index (χ4n) is 1.82. The third-order valence-corrected chi connectivity index (χ3v) is 3.27. The summed E-state index contributed by atoms with van der Waals surface area (Å²) in [5.41, 5.74) is 1.93. The van der Waals surface area contributed by atoms with Gasteiger partial charge in [-0.05, 0) is 24.6 Å². The van der Waals surface area contributed by atoms with Crippen LogP contribution in [0.25, 0.3) is 0 Å². The summed E-state index contributed by atoms with van der Waals surface area (Å²) in [5, 5.41) is 23.8. The van der Waals surface area contributed by atoms with Crippen LogP contribution in [0.3, 0.4) is 0 Å². The molecule has 0 heterocycles. The summed E-state index contributed by atoms with van der Waals surface area (Å²) in [6.07, 6.45) is 0. The number of nitrogens with zero attached hydrogens (tertiary/aromatic N) is 1. The molecule has 0 atom stereocenters. The van der Waals surface area contributed by atoms with Crippen molar-refractivity contribution in [2.24, 2.45) is 0 Å². The molecule has 104 valence electrons. The van der Waals surface area contributed by atoms with Crippen molar-refractivity contribution < 1.29 is 10.0 Å². The fourth-order valence-corrected chi connectivity index (χ4v) is 2.01. The molecule has 6 heteroatoms. The SMILES string of the molecule is Cc1cccc(CNc2ccc(Cl)c([N+](=O)[O-])c2)c1O. The van der Waals surface area contributed by atoms with Crippen LogP contribution in [-0.4, -0.2) is 10.0 Å². The van der Waals surface area contributed by atoms with E-state index in [1.807, 2.05) is 19.1 Å². The molecule has 0 aliphatic carbocycles. The summed E-state index contributed by atoms with van der Waals surface area (Å²) in [4.78, 5) is 10.3. The van der Waals surface area contributed by atoms with Gasteiger partial charge in [-0.3, -0.25) is 10.1 Å². The molecule has 0 aliphatic rings. The Labute approximate surface area is 121 Å². The molecule has 2 aromatic carbocycles. The molecule has 0 fully saturated rings. The number of halogens is 1. The molecule has 20 heavy (non-hydrogen) atoms. The number of rotatable bonds is 4. The van der Waals surface area contributed by atoms with Crippen LogP contribution in [0.4, 0.5) is 11.4 Å². The molecule has 0 bridgehead atoms. The Balaban J connectivity index is 2.17. The minimum absolute atomic E-state index is 0.0963. The summed E-state index contributed by atoms with van der Waals surface area (Å²) in [5.74, 6) is 0.225. The largest absolute Gasteiger partial charge is 0.507 e. The zero-order chi connectivity index (χ0) is 14.7. The molecule has 0 radical (unpaired) electrons. The Morgan fingerprint density at radius 2 is 2.10 bits per heavy atom. The van der Waals surface area contributed by atoms with Crippen molar-refractivity contribution in [3.8, 4) is 5.75 Å². The number of phenolic OH excluding ortho intramolecular Hbond substituents is 1. The van der Waals surface area contributed by atoms with Gasteiger partial charge in [-0.15, -0.1) is 0 Å². The first kappa shape index (κ1) is 14.1. The Kier molecular flexibility index (Phi) is 4.10. The van der Waals surface area contributed by atoms with E-state index in [4.69, 9.17) is 11.6 Å². The van der Waals surface area contributed by atoms with Crippen molar-refractivity contribution in [1.29, 1.82) is 0 Å². The Morgan fingerprint density at radius 3 is 2.80 bits per heavy atom. The molecule has 5 nitrogen and oxygen atoms in total. The van der Waals surface area contributed by atoms with Gasteiger partial charge in [0.1, 0.15) is 10.8 Å². The average Bonchev–Trinajstić information content (AvgIpc) is 2.41. The van der Waals surface area contributed by atoms with Gasteiger partial charge in [-0.2, -0.15) is 0 Å². The molecule has 2 aromatic rings. The highest BCUT2D eigenvalue weighted by Crippen LogP contribution is 2.28. The monoisotopic (exact) mass is 292 g/mol. The van der Waals surface area contributed by atoms with Gasteiger partial charge in [-0.1, -0.05) is 29.8 Å². The zero-order valence-electron chi connectivity index (χ0n) is 10.8. The lowest BCUT2D eigenvalue weighted by atomic mass is 10.1. The zero-order valence-corrected chi connectivity index (χ0v) is 11.5. The number of aromatic hydroxyl groups is 1. The van der Waals surface area contributed by atoms with E-state index < -0.39 is 4.92 Å². The van der Waals surface area contributed by atoms with Crippen LogP contribution < -0.4 is 5.32 Å². The lowest BCUT2D eigenvalue weighted by Gasteiger charge is -2.10. The highest BCUT2D eigenvalue weighted by atomic mass is 35.5.